The van der Waals surface area contributed by atoms with Crippen molar-refractivity contribution < 1.29 is 14.5 Å². The number of rotatable bonds is 7. The molecule has 1 unspecified atom stereocenters. The molecule has 5 nitrogen and oxygen atoms in total. The number of hydrogen-bond donors (Lipinski definition) is 3. The third-order valence-electron chi connectivity index (χ3n) is 3.12. The molecule has 0 aliphatic rings. The number of likely N-dealkylation sites (N-methyl/N-ethyl adjacent to an activating group) is 2. The van der Waals surface area contributed by atoms with Crippen molar-refractivity contribution >= 4 is 11.8 Å². The molecule has 0 saturated carbocycles. The molecule has 0 fully saturated rings. The molecule has 0 heterocycles. The largest absolute Gasteiger partial charge is 0.358 e. The number of carbonyl (C=O) groups excluding carboxylic acids is 2. The van der Waals surface area contributed by atoms with Crippen LogP contribution in [0.3, 0.4) is 0 Å². The van der Waals surface area contributed by atoms with Crippen molar-refractivity contribution in [1.29, 1.82) is 0 Å². The fourth-order valence-corrected chi connectivity index (χ4v) is 1.91. The van der Waals surface area contributed by atoms with E-state index in [9.17, 15) is 9.59 Å². The van der Waals surface area contributed by atoms with Crippen LogP contribution in [0.2, 0.25) is 0 Å². The van der Waals surface area contributed by atoms with Crippen molar-refractivity contribution in [3.63, 3.8) is 0 Å². The summed E-state index contributed by atoms with van der Waals surface area (Å²) in [4.78, 5) is 23.8. The van der Waals surface area contributed by atoms with Crippen LogP contribution in [0, 0.1) is 0 Å². The average molecular weight is 278 g/mol. The van der Waals surface area contributed by atoms with Crippen LogP contribution in [-0.2, 0) is 22.6 Å². The van der Waals surface area contributed by atoms with Gasteiger partial charge >= 0.3 is 0 Å². The number of aryl methyl sites for hydroxylation is 1. The highest BCUT2D eigenvalue weighted by atomic mass is 16.2. The lowest BCUT2D eigenvalue weighted by atomic mass is 10.1. The van der Waals surface area contributed by atoms with Gasteiger partial charge < -0.3 is 15.5 Å². The number of amides is 2. The van der Waals surface area contributed by atoms with Gasteiger partial charge in [-0.15, -0.1) is 0 Å². The van der Waals surface area contributed by atoms with Gasteiger partial charge in [0.25, 0.3) is 5.91 Å². The second kappa shape index (κ2) is 8.32. The predicted octanol–water partition coefficient (Wildman–Crippen LogP) is -0.874. The second-order valence-corrected chi connectivity index (χ2v) is 4.93. The monoisotopic (exact) mass is 278 g/mol. The Morgan fingerprint density at radius 3 is 2.25 bits per heavy atom. The Labute approximate surface area is 120 Å². The van der Waals surface area contributed by atoms with E-state index >= 15 is 0 Å². The Bertz CT molecular complexity index is 443. The van der Waals surface area contributed by atoms with Crippen LogP contribution in [0.1, 0.15) is 18.1 Å². The van der Waals surface area contributed by atoms with Crippen LogP contribution >= 0.6 is 0 Å². The number of carbonyl (C=O) groups is 2. The molecular weight excluding hydrogens is 254 g/mol. The van der Waals surface area contributed by atoms with E-state index in [4.69, 9.17) is 0 Å². The van der Waals surface area contributed by atoms with Gasteiger partial charge in [-0.1, -0.05) is 31.2 Å². The Morgan fingerprint density at radius 1 is 1.10 bits per heavy atom. The maximum absolute atomic E-state index is 11.7. The van der Waals surface area contributed by atoms with Crippen LogP contribution in [-0.4, -0.2) is 39.0 Å². The first-order valence-electron chi connectivity index (χ1n) is 6.91. The highest BCUT2D eigenvalue weighted by Crippen LogP contribution is 2.03. The molecule has 0 radical (unpaired) electrons. The first kappa shape index (κ1) is 16.2. The summed E-state index contributed by atoms with van der Waals surface area (Å²) >= 11 is 0. The first-order chi connectivity index (χ1) is 9.55. The SMILES string of the molecule is CCc1ccc(C[NH+](C)CC(=O)NCC(=O)NC)cc1. The van der Waals surface area contributed by atoms with Crippen molar-refractivity contribution in [2.24, 2.45) is 0 Å². The lowest BCUT2D eigenvalue weighted by Gasteiger charge is -2.14. The highest BCUT2D eigenvalue weighted by molar-refractivity contribution is 5.84. The minimum absolute atomic E-state index is 0.0355. The summed E-state index contributed by atoms with van der Waals surface area (Å²) in [5, 5.41) is 5.06. The van der Waals surface area contributed by atoms with E-state index in [1.807, 2.05) is 7.05 Å². The maximum Gasteiger partial charge on any atom is 0.275 e. The van der Waals surface area contributed by atoms with Crippen molar-refractivity contribution in [2.45, 2.75) is 19.9 Å². The Kier molecular flexibility index (Phi) is 6.73. The molecule has 5 heteroatoms. The second-order valence-electron chi connectivity index (χ2n) is 4.93. The molecule has 110 valence electrons. The molecule has 0 aliphatic heterocycles. The molecule has 1 atom stereocenters. The Balaban J connectivity index is 2.36. The molecule has 2 amide bonds. The summed E-state index contributed by atoms with van der Waals surface area (Å²) in [6.45, 7) is 3.31. The van der Waals surface area contributed by atoms with Crippen molar-refractivity contribution in [3.05, 3.63) is 35.4 Å². The number of benzene rings is 1. The third kappa shape index (κ3) is 5.84. The number of quaternary nitrogens is 1. The molecule has 0 aliphatic carbocycles. The molecule has 0 saturated heterocycles. The topological polar surface area (TPSA) is 62.6 Å². The van der Waals surface area contributed by atoms with E-state index < -0.39 is 0 Å². The van der Waals surface area contributed by atoms with Gasteiger partial charge in [-0.25, -0.2) is 0 Å². The van der Waals surface area contributed by atoms with Crippen molar-refractivity contribution in [2.75, 3.05) is 27.2 Å². The fraction of sp³-hybridized carbons (Fsp3) is 0.467. The maximum atomic E-state index is 11.7. The molecule has 0 bridgehead atoms. The zero-order valence-corrected chi connectivity index (χ0v) is 12.5. The minimum Gasteiger partial charge on any atom is -0.358 e. The lowest BCUT2D eigenvalue weighted by Crippen LogP contribution is -3.08. The normalized spacial score (nSPS) is 11.8. The summed E-state index contributed by atoms with van der Waals surface area (Å²) in [5.41, 5.74) is 2.52. The van der Waals surface area contributed by atoms with Gasteiger partial charge in [0.15, 0.2) is 6.54 Å². The molecule has 3 N–H and O–H groups in total. The van der Waals surface area contributed by atoms with E-state index in [0.29, 0.717) is 6.54 Å². The van der Waals surface area contributed by atoms with Gasteiger partial charge in [0.2, 0.25) is 5.91 Å². The summed E-state index contributed by atoms with van der Waals surface area (Å²) in [7, 11) is 3.51. The lowest BCUT2D eigenvalue weighted by molar-refractivity contribution is -0.885. The molecular formula is C15H24N3O2+. The summed E-state index contributed by atoms with van der Waals surface area (Å²) in [5.74, 6) is -0.303. The smallest absolute Gasteiger partial charge is 0.275 e. The summed E-state index contributed by atoms with van der Waals surface area (Å²) < 4.78 is 0. The molecule has 1 aromatic rings. The quantitative estimate of drug-likeness (QED) is 0.607. The minimum atomic E-state index is -0.189. The Hall–Kier alpha value is -1.88. The average Bonchev–Trinajstić information content (AvgIpc) is 2.45. The highest BCUT2D eigenvalue weighted by Gasteiger charge is 2.11. The molecule has 1 rings (SSSR count). The molecule has 1 aromatic carbocycles. The standard InChI is InChI=1S/C15H23N3O2/c1-4-12-5-7-13(8-6-12)10-18(3)11-15(20)17-9-14(19)16-2/h5-8H,4,9-11H2,1-3H3,(H,16,19)(H,17,20)/p+1. The van der Waals surface area contributed by atoms with Crippen LogP contribution in [0.5, 0.6) is 0 Å². The van der Waals surface area contributed by atoms with E-state index in [0.717, 1.165) is 17.9 Å². The summed E-state index contributed by atoms with van der Waals surface area (Å²) in [6, 6.07) is 8.44. The predicted molar refractivity (Wildman–Crippen MR) is 78.4 cm³/mol. The van der Waals surface area contributed by atoms with Crippen LogP contribution in [0.4, 0.5) is 0 Å². The van der Waals surface area contributed by atoms with E-state index in [1.54, 1.807) is 7.05 Å². The molecule has 0 aromatic heterocycles. The van der Waals surface area contributed by atoms with Crippen LogP contribution in [0.15, 0.2) is 24.3 Å². The van der Waals surface area contributed by atoms with Crippen molar-refractivity contribution in [3.8, 4) is 0 Å². The van der Waals surface area contributed by atoms with Gasteiger partial charge in [0.1, 0.15) is 6.54 Å². The molecule has 20 heavy (non-hydrogen) atoms. The van der Waals surface area contributed by atoms with Crippen molar-refractivity contribution in [1.82, 2.24) is 10.6 Å². The number of nitrogens with one attached hydrogen (secondary N) is 3. The van der Waals surface area contributed by atoms with E-state index in [-0.39, 0.29) is 18.4 Å². The van der Waals surface area contributed by atoms with Gasteiger partial charge in [-0.3, -0.25) is 9.59 Å². The van der Waals surface area contributed by atoms with E-state index in [1.165, 1.54) is 11.1 Å². The zero-order valence-electron chi connectivity index (χ0n) is 12.5. The van der Waals surface area contributed by atoms with E-state index in [2.05, 4.69) is 41.8 Å². The van der Waals surface area contributed by atoms with Crippen LogP contribution in [0.25, 0.3) is 0 Å². The third-order valence-corrected chi connectivity index (χ3v) is 3.12. The van der Waals surface area contributed by atoms with Gasteiger partial charge in [-0.2, -0.15) is 0 Å². The first-order valence-corrected chi connectivity index (χ1v) is 6.91. The number of hydrogen-bond acceptors (Lipinski definition) is 2. The fourth-order valence-electron chi connectivity index (χ4n) is 1.91. The van der Waals surface area contributed by atoms with Gasteiger partial charge in [0, 0.05) is 12.6 Å². The van der Waals surface area contributed by atoms with Gasteiger partial charge in [-0.05, 0) is 12.0 Å². The Morgan fingerprint density at radius 2 is 1.70 bits per heavy atom. The zero-order chi connectivity index (χ0) is 15.0. The summed E-state index contributed by atoms with van der Waals surface area (Å²) in [6.07, 6.45) is 1.03. The van der Waals surface area contributed by atoms with Gasteiger partial charge in [0.05, 0.1) is 13.6 Å². The molecule has 0 spiro atoms. The van der Waals surface area contributed by atoms with Crippen LogP contribution < -0.4 is 15.5 Å².